The van der Waals surface area contributed by atoms with Crippen molar-refractivity contribution >= 4 is 17.6 Å². The second-order valence-corrected chi connectivity index (χ2v) is 5.77. The molecule has 0 amide bonds. The van der Waals surface area contributed by atoms with Gasteiger partial charge in [0.2, 0.25) is 5.60 Å². The van der Waals surface area contributed by atoms with Crippen LogP contribution in [-0.2, 0) is 14.3 Å². The lowest BCUT2D eigenvalue weighted by atomic mass is 9.88. The number of fused-ring (bicyclic) bond motifs is 2. The van der Waals surface area contributed by atoms with Gasteiger partial charge in [-0.3, -0.25) is 10.1 Å². The van der Waals surface area contributed by atoms with E-state index in [0.29, 0.717) is 6.42 Å². The molecule has 23 heavy (non-hydrogen) atoms. The monoisotopic (exact) mass is 317 g/mol. The van der Waals surface area contributed by atoms with Crippen LogP contribution in [-0.4, -0.2) is 29.6 Å². The average molecular weight is 317 g/mol. The number of non-ortho nitro benzene ring substituents is 1. The van der Waals surface area contributed by atoms with Gasteiger partial charge >= 0.3 is 11.9 Å². The third kappa shape index (κ3) is 2.48. The Morgan fingerprint density at radius 2 is 1.96 bits per heavy atom. The Kier molecular flexibility index (Phi) is 3.63. The number of hydrogen-bond donors (Lipinski definition) is 0. The summed E-state index contributed by atoms with van der Waals surface area (Å²) >= 11 is 0. The number of nitro groups is 1. The molecule has 0 aliphatic heterocycles. The summed E-state index contributed by atoms with van der Waals surface area (Å²) in [5.41, 5.74) is -1.26. The van der Waals surface area contributed by atoms with E-state index in [1.54, 1.807) is 0 Å². The zero-order chi connectivity index (χ0) is 16.6. The Balaban J connectivity index is 1.83. The second kappa shape index (κ2) is 5.49. The fourth-order valence-corrected chi connectivity index (χ4v) is 3.32. The molecule has 1 aromatic carbocycles. The van der Waals surface area contributed by atoms with E-state index in [1.165, 1.54) is 31.4 Å². The van der Waals surface area contributed by atoms with Gasteiger partial charge in [-0.1, -0.05) is 12.2 Å². The van der Waals surface area contributed by atoms with Crippen molar-refractivity contribution < 1.29 is 24.0 Å². The molecule has 0 saturated heterocycles. The summed E-state index contributed by atoms with van der Waals surface area (Å²) in [7, 11) is 1.26. The topological polar surface area (TPSA) is 95.7 Å². The van der Waals surface area contributed by atoms with Gasteiger partial charge in [-0.15, -0.1) is 0 Å². The number of carbonyl (C=O) groups is 2. The smallest absolute Gasteiger partial charge is 0.351 e. The predicted molar refractivity (Wildman–Crippen MR) is 78.6 cm³/mol. The van der Waals surface area contributed by atoms with Crippen molar-refractivity contribution in [1.82, 2.24) is 0 Å². The molecule has 0 heterocycles. The standard InChI is InChI=1S/C16H15NO6/c1-22-15(19)16(9-10-2-5-12(16)8-10)23-14(18)11-3-6-13(7-4-11)17(20)21/h2-7,10,12H,8-9H2,1H3/t10-,12+,16+/m1/s1. The molecule has 7 nitrogen and oxygen atoms in total. The summed E-state index contributed by atoms with van der Waals surface area (Å²) in [4.78, 5) is 34.7. The van der Waals surface area contributed by atoms with Gasteiger partial charge in [0.05, 0.1) is 17.6 Å². The Hall–Kier alpha value is -2.70. The van der Waals surface area contributed by atoms with Crippen LogP contribution in [0, 0.1) is 22.0 Å². The summed E-state index contributed by atoms with van der Waals surface area (Å²) in [6.07, 6.45) is 5.06. The molecule has 2 aliphatic carbocycles. The molecule has 0 unspecified atom stereocenters. The van der Waals surface area contributed by atoms with Gasteiger partial charge in [0.1, 0.15) is 0 Å². The van der Waals surface area contributed by atoms with Crippen LogP contribution in [0.1, 0.15) is 23.2 Å². The number of methoxy groups -OCH3 is 1. The van der Waals surface area contributed by atoms with Gasteiger partial charge in [-0.25, -0.2) is 9.59 Å². The molecule has 2 aliphatic rings. The molecule has 1 saturated carbocycles. The van der Waals surface area contributed by atoms with Gasteiger partial charge in [0.25, 0.3) is 5.69 Å². The summed E-state index contributed by atoms with van der Waals surface area (Å²) < 4.78 is 10.4. The van der Waals surface area contributed by atoms with Crippen molar-refractivity contribution in [2.75, 3.05) is 7.11 Å². The molecule has 0 spiro atoms. The maximum Gasteiger partial charge on any atom is 0.351 e. The third-order valence-electron chi connectivity index (χ3n) is 4.46. The van der Waals surface area contributed by atoms with E-state index >= 15 is 0 Å². The summed E-state index contributed by atoms with van der Waals surface area (Å²) in [5, 5.41) is 10.6. The fraction of sp³-hybridized carbons (Fsp3) is 0.375. The molecule has 2 bridgehead atoms. The van der Waals surface area contributed by atoms with Gasteiger partial charge < -0.3 is 9.47 Å². The van der Waals surface area contributed by atoms with Crippen LogP contribution in [0.2, 0.25) is 0 Å². The number of ether oxygens (including phenoxy) is 2. The van der Waals surface area contributed by atoms with Crippen LogP contribution < -0.4 is 0 Å². The molecule has 3 rings (SSSR count). The number of carbonyl (C=O) groups excluding carboxylic acids is 2. The zero-order valence-corrected chi connectivity index (χ0v) is 12.4. The van der Waals surface area contributed by atoms with Gasteiger partial charge in [-0.2, -0.15) is 0 Å². The molecule has 3 atom stereocenters. The van der Waals surface area contributed by atoms with Crippen molar-refractivity contribution in [3.05, 3.63) is 52.1 Å². The quantitative estimate of drug-likeness (QED) is 0.366. The molecule has 7 heteroatoms. The van der Waals surface area contributed by atoms with Crippen molar-refractivity contribution in [2.45, 2.75) is 18.4 Å². The maximum absolute atomic E-state index is 12.4. The average Bonchev–Trinajstić information content (AvgIpc) is 3.15. The van der Waals surface area contributed by atoms with E-state index in [-0.39, 0.29) is 23.1 Å². The number of allylic oxidation sites excluding steroid dienone is 1. The molecular weight excluding hydrogens is 302 g/mol. The largest absolute Gasteiger partial charge is 0.466 e. The molecule has 0 N–H and O–H groups in total. The lowest BCUT2D eigenvalue weighted by Crippen LogP contribution is -2.47. The SMILES string of the molecule is COC(=O)[C@]1(OC(=O)c2ccc([N+](=O)[O-])cc2)C[C@@H]2C=C[C@H]1C2. The number of rotatable bonds is 4. The van der Waals surface area contributed by atoms with Gasteiger partial charge in [0, 0.05) is 24.5 Å². The Bertz CT molecular complexity index is 695. The van der Waals surface area contributed by atoms with E-state index in [4.69, 9.17) is 9.47 Å². The van der Waals surface area contributed by atoms with Crippen LogP contribution in [0.4, 0.5) is 5.69 Å². The van der Waals surface area contributed by atoms with Crippen LogP contribution in [0.25, 0.3) is 0 Å². The predicted octanol–water partition coefficient (Wildman–Crippen LogP) is 2.26. The number of benzene rings is 1. The van der Waals surface area contributed by atoms with Crippen LogP contribution in [0.5, 0.6) is 0 Å². The Morgan fingerprint density at radius 1 is 1.26 bits per heavy atom. The normalized spacial score (nSPS) is 27.7. The van der Waals surface area contributed by atoms with E-state index in [0.717, 1.165) is 6.42 Å². The lowest BCUT2D eigenvalue weighted by molar-refractivity contribution is -0.384. The van der Waals surface area contributed by atoms with E-state index < -0.39 is 22.5 Å². The number of nitro benzene ring substituents is 1. The lowest BCUT2D eigenvalue weighted by Gasteiger charge is -2.32. The third-order valence-corrected chi connectivity index (χ3v) is 4.46. The highest BCUT2D eigenvalue weighted by Gasteiger charge is 2.57. The molecular formula is C16H15NO6. The minimum absolute atomic E-state index is 0.118. The first-order valence-corrected chi connectivity index (χ1v) is 7.21. The first-order valence-electron chi connectivity index (χ1n) is 7.21. The van der Waals surface area contributed by atoms with E-state index in [1.807, 2.05) is 12.2 Å². The summed E-state index contributed by atoms with van der Waals surface area (Å²) in [6.45, 7) is 0. The maximum atomic E-state index is 12.4. The summed E-state index contributed by atoms with van der Waals surface area (Å²) in [5.74, 6) is -1.25. The van der Waals surface area contributed by atoms with Crippen LogP contribution in [0.3, 0.4) is 0 Å². The Labute approximate surface area is 132 Å². The fourth-order valence-electron chi connectivity index (χ4n) is 3.32. The van der Waals surface area contributed by atoms with Crippen molar-refractivity contribution in [2.24, 2.45) is 11.8 Å². The highest BCUT2D eigenvalue weighted by Crippen LogP contribution is 2.49. The van der Waals surface area contributed by atoms with Crippen LogP contribution >= 0.6 is 0 Å². The molecule has 1 aromatic rings. The minimum atomic E-state index is -1.30. The molecule has 1 fully saturated rings. The van der Waals surface area contributed by atoms with Gasteiger partial charge in [-0.05, 0) is 24.5 Å². The van der Waals surface area contributed by atoms with Crippen molar-refractivity contribution in [3.8, 4) is 0 Å². The van der Waals surface area contributed by atoms with Gasteiger partial charge in [0.15, 0.2) is 0 Å². The van der Waals surface area contributed by atoms with Crippen molar-refractivity contribution in [1.29, 1.82) is 0 Å². The number of hydrogen-bond acceptors (Lipinski definition) is 6. The van der Waals surface area contributed by atoms with Crippen LogP contribution in [0.15, 0.2) is 36.4 Å². The number of esters is 2. The molecule has 120 valence electrons. The van der Waals surface area contributed by atoms with Crippen molar-refractivity contribution in [3.63, 3.8) is 0 Å². The summed E-state index contributed by atoms with van der Waals surface area (Å²) in [6, 6.07) is 5.08. The highest BCUT2D eigenvalue weighted by molar-refractivity contribution is 5.93. The first kappa shape index (κ1) is 15.2. The van der Waals surface area contributed by atoms with E-state index in [2.05, 4.69) is 0 Å². The minimum Gasteiger partial charge on any atom is -0.466 e. The Morgan fingerprint density at radius 3 is 2.43 bits per heavy atom. The second-order valence-electron chi connectivity index (χ2n) is 5.77. The molecule has 0 radical (unpaired) electrons. The molecule has 0 aromatic heterocycles. The first-order chi connectivity index (χ1) is 11.0. The van der Waals surface area contributed by atoms with E-state index in [9.17, 15) is 19.7 Å². The zero-order valence-electron chi connectivity index (χ0n) is 12.4. The number of nitrogens with zero attached hydrogens (tertiary/aromatic N) is 1. The highest BCUT2D eigenvalue weighted by atomic mass is 16.6.